The fourth-order valence-corrected chi connectivity index (χ4v) is 1.33. The molecule has 0 N–H and O–H groups in total. The van der Waals surface area contributed by atoms with Gasteiger partial charge in [0.15, 0.2) is 0 Å². The lowest BCUT2D eigenvalue weighted by molar-refractivity contribution is -0.390. The average Bonchev–Trinajstić information content (AvgIpc) is 2.41. The van der Waals surface area contributed by atoms with Crippen LogP contribution in [0.3, 0.4) is 0 Å². The molecular weight excluding hydrogens is 252 g/mol. The van der Waals surface area contributed by atoms with Crippen molar-refractivity contribution < 1.29 is 14.4 Å². The van der Waals surface area contributed by atoms with E-state index in [1.54, 1.807) is 13.0 Å². The topological polar surface area (TPSA) is 100 Å². The zero-order valence-electron chi connectivity index (χ0n) is 10.2. The number of methoxy groups -OCH3 is 1. The maximum absolute atomic E-state index is 10.9. The maximum atomic E-state index is 10.9. The molecule has 0 aromatic carbocycles. The Morgan fingerprint density at radius 3 is 2.74 bits per heavy atom. The van der Waals surface area contributed by atoms with Gasteiger partial charge in [-0.05, 0) is 22.0 Å². The Morgan fingerprint density at radius 2 is 2.05 bits per heavy atom. The van der Waals surface area contributed by atoms with Crippen molar-refractivity contribution in [1.29, 1.82) is 0 Å². The van der Waals surface area contributed by atoms with Gasteiger partial charge in [-0.2, -0.15) is 4.98 Å². The van der Waals surface area contributed by atoms with Crippen molar-refractivity contribution in [3.05, 3.63) is 40.2 Å². The van der Waals surface area contributed by atoms with Crippen molar-refractivity contribution in [2.45, 2.75) is 6.92 Å². The van der Waals surface area contributed by atoms with Gasteiger partial charge >= 0.3 is 11.8 Å². The molecule has 0 atom stereocenters. The van der Waals surface area contributed by atoms with Gasteiger partial charge in [0.1, 0.15) is 5.69 Å². The van der Waals surface area contributed by atoms with Crippen LogP contribution in [-0.4, -0.2) is 27.0 Å². The van der Waals surface area contributed by atoms with Crippen LogP contribution in [0.25, 0.3) is 0 Å². The van der Waals surface area contributed by atoms with Gasteiger partial charge in [-0.1, -0.05) is 0 Å². The summed E-state index contributed by atoms with van der Waals surface area (Å²) in [5, 5.41) is 10.9. The maximum Gasteiger partial charge on any atom is 0.407 e. The summed E-state index contributed by atoms with van der Waals surface area (Å²) in [4.78, 5) is 21.8. The molecule has 0 saturated heterocycles. The zero-order valence-corrected chi connectivity index (χ0v) is 10.2. The fourth-order valence-electron chi connectivity index (χ4n) is 1.33. The molecule has 0 fully saturated rings. The van der Waals surface area contributed by atoms with Crippen molar-refractivity contribution in [3.63, 3.8) is 0 Å². The molecule has 0 aliphatic rings. The van der Waals surface area contributed by atoms with Gasteiger partial charge in [0, 0.05) is 19.2 Å². The summed E-state index contributed by atoms with van der Waals surface area (Å²) in [5.74, 6) is -0.108. The summed E-state index contributed by atoms with van der Waals surface area (Å²) in [6.45, 7) is 1.65. The minimum atomic E-state index is -0.623. The van der Waals surface area contributed by atoms with Crippen LogP contribution in [0.2, 0.25) is 0 Å². The summed E-state index contributed by atoms with van der Waals surface area (Å²) in [7, 11) is 1.45. The Labute approximate surface area is 108 Å². The van der Waals surface area contributed by atoms with Crippen molar-refractivity contribution in [3.8, 4) is 17.6 Å². The molecule has 0 radical (unpaired) electrons. The molecular formula is C11H10N4O4. The van der Waals surface area contributed by atoms with Crippen LogP contribution in [0.15, 0.2) is 24.4 Å². The van der Waals surface area contributed by atoms with E-state index in [0.29, 0.717) is 11.6 Å². The number of nitrogens with zero attached hydrogens (tertiary/aromatic N) is 4. The minimum Gasteiger partial charge on any atom is -0.481 e. The Kier molecular flexibility index (Phi) is 3.51. The highest BCUT2D eigenvalue weighted by atomic mass is 16.6. The lowest BCUT2D eigenvalue weighted by atomic mass is 10.3. The van der Waals surface area contributed by atoms with E-state index in [1.807, 2.05) is 0 Å². The van der Waals surface area contributed by atoms with E-state index >= 15 is 0 Å². The molecule has 8 heteroatoms. The Morgan fingerprint density at radius 1 is 1.26 bits per heavy atom. The number of hydrogen-bond donors (Lipinski definition) is 0. The number of aryl methyl sites for hydroxylation is 1. The Hall–Kier alpha value is -2.77. The molecule has 0 aliphatic carbocycles. The van der Waals surface area contributed by atoms with Gasteiger partial charge in [0.05, 0.1) is 7.11 Å². The third kappa shape index (κ3) is 2.92. The predicted molar refractivity (Wildman–Crippen MR) is 64.3 cm³/mol. The second-order valence-corrected chi connectivity index (χ2v) is 3.52. The first-order valence-electron chi connectivity index (χ1n) is 5.27. The van der Waals surface area contributed by atoms with Gasteiger partial charge < -0.3 is 19.6 Å². The van der Waals surface area contributed by atoms with Gasteiger partial charge in [-0.3, -0.25) is 0 Å². The molecule has 0 unspecified atom stereocenters. The average molecular weight is 262 g/mol. The molecule has 2 rings (SSSR count). The summed E-state index contributed by atoms with van der Waals surface area (Å²) >= 11 is 0. The molecule has 0 bridgehead atoms. The molecule has 19 heavy (non-hydrogen) atoms. The van der Waals surface area contributed by atoms with Gasteiger partial charge in [-0.15, -0.1) is 0 Å². The van der Waals surface area contributed by atoms with Crippen LogP contribution < -0.4 is 9.47 Å². The summed E-state index contributed by atoms with van der Waals surface area (Å²) < 4.78 is 10.2. The van der Waals surface area contributed by atoms with Crippen molar-refractivity contribution in [2.75, 3.05) is 7.11 Å². The monoisotopic (exact) mass is 262 g/mol. The van der Waals surface area contributed by atoms with Crippen LogP contribution in [0, 0.1) is 17.0 Å². The Balaban J connectivity index is 2.34. The SMILES string of the molecule is COc1ccnc(Oc2ccc(C)nc2[N+](=O)[O-])n1. The van der Waals surface area contributed by atoms with E-state index in [2.05, 4.69) is 15.0 Å². The van der Waals surface area contributed by atoms with Gasteiger partial charge in [0.2, 0.25) is 11.6 Å². The smallest absolute Gasteiger partial charge is 0.407 e. The molecule has 2 heterocycles. The standard InChI is InChI=1S/C11H10N4O4/c1-7-3-4-8(10(13-7)15(16)17)19-11-12-6-5-9(14-11)18-2/h3-6H,1-2H3. The second-order valence-electron chi connectivity index (χ2n) is 3.52. The van der Waals surface area contributed by atoms with E-state index in [0.717, 1.165) is 0 Å². The van der Waals surface area contributed by atoms with Crippen LogP contribution in [0.5, 0.6) is 17.6 Å². The molecule has 0 saturated carbocycles. The fraction of sp³-hybridized carbons (Fsp3) is 0.182. The van der Waals surface area contributed by atoms with Crippen LogP contribution in [0.4, 0.5) is 5.82 Å². The molecule has 0 spiro atoms. The van der Waals surface area contributed by atoms with E-state index in [1.165, 1.54) is 25.4 Å². The van der Waals surface area contributed by atoms with Crippen molar-refractivity contribution in [1.82, 2.24) is 15.0 Å². The lowest BCUT2D eigenvalue weighted by Gasteiger charge is -2.05. The quantitative estimate of drug-likeness (QED) is 0.612. The van der Waals surface area contributed by atoms with E-state index < -0.39 is 4.92 Å². The van der Waals surface area contributed by atoms with Crippen LogP contribution in [0.1, 0.15) is 5.69 Å². The van der Waals surface area contributed by atoms with Crippen LogP contribution >= 0.6 is 0 Å². The number of pyridine rings is 1. The first kappa shape index (κ1) is 12.7. The number of aromatic nitrogens is 3. The number of nitro groups is 1. The number of rotatable bonds is 4. The Bertz CT molecular complexity index is 617. The summed E-state index contributed by atoms with van der Waals surface area (Å²) in [6, 6.07) is 4.54. The molecule has 0 aliphatic heterocycles. The molecule has 8 nitrogen and oxygen atoms in total. The first-order chi connectivity index (χ1) is 9.10. The zero-order chi connectivity index (χ0) is 13.8. The van der Waals surface area contributed by atoms with Crippen molar-refractivity contribution >= 4 is 5.82 Å². The third-order valence-electron chi connectivity index (χ3n) is 2.17. The highest BCUT2D eigenvalue weighted by Gasteiger charge is 2.19. The van der Waals surface area contributed by atoms with Gasteiger partial charge in [-0.25, -0.2) is 4.98 Å². The van der Waals surface area contributed by atoms with Crippen molar-refractivity contribution in [2.24, 2.45) is 0 Å². The molecule has 2 aromatic rings. The van der Waals surface area contributed by atoms with E-state index in [4.69, 9.17) is 9.47 Å². The minimum absolute atomic E-state index is 0.0242. The van der Waals surface area contributed by atoms with Crippen LogP contribution in [-0.2, 0) is 0 Å². The largest absolute Gasteiger partial charge is 0.481 e. The normalized spacial score (nSPS) is 10.0. The second kappa shape index (κ2) is 5.25. The van der Waals surface area contributed by atoms with E-state index in [-0.39, 0.29) is 17.6 Å². The van der Waals surface area contributed by atoms with Gasteiger partial charge in [0.25, 0.3) is 0 Å². The lowest BCUT2D eigenvalue weighted by Crippen LogP contribution is -2.00. The number of hydrogen-bond acceptors (Lipinski definition) is 7. The molecule has 2 aromatic heterocycles. The summed E-state index contributed by atoms with van der Waals surface area (Å²) in [6.07, 6.45) is 1.43. The van der Waals surface area contributed by atoms with E-state index in [9.17, 15) is 10.1 Å². The highest BCUT2D eigenvalue weighted by Crippen LogP contribution is 2.28. The predicted octanol–water partition coefficient (Wildman–Crippen LogP) is 1.89. The third-order valence-corrected chi connectivity index (χ3v) is 2.17. The molecule has 98 valence electrons. The highest BCUT2D eigenvalue weighted by molar-refractivity contribution is 5.41. The molecule has 0 amide bonds. The first-order valence-corrected chi connectivity index (χ1v) is 5.27. The summed E-state index contributed by atoms with van der Waals surface area (Å²) in [5.41, 5.74) is 0.519. The number of ether oxygens (including phenoxy) is 2.